The lowest BCUT2D eigenvalue weighted by Crippen LogP contribution is -2.45. The molecule has 0 aliphatic carbocycles. The Morgan fingerprint density at radius 2 is 1.79 bits per heavy atom. The Balaban J connectivity index is 0.00000507. The third-order valence-electron chi connectivity index (χ3n) is 5.88. The number of hydrogen-bond donors (Lipinski definition) is 3. The highest BCUT2D eigenvalue weighted by atomic mass is 35.5. The van der Waals surface area contributed by atoms with Gasteiger partial charge in [0.15, 0.2) is 17.0 Å². The summed E-state index contributed by atoms with van der Waals surface area (Å²) in [4.78, 5) is 39.4. The number of nitrogen functional groups attached to an aromatic ring is 1. The molecule has 1 atom stereocenters. The number of amides is 2. The van der Waals surface area contributed by atoms with Gasteiger partial charge in [-0.25, -0.2) is 8.78 Å². The number of anilines is 1. The van der Waals surface area contributed by atoms with Gasteiger partial charge in [0.1, 0.15) is 6.04 Å². The van der Waals surface area contributed by atoms with E-state index < -0.39 is 59.8 Å². The normalized spacial score (nSPS) is 16.6. The van der Waals surface area contributed by atoms with Crippen molar-refractivity contribution < 1.29 is 36.6 Å². The number of aromatic nitrogens is 3. The summed E-state index contributed by atoms with van der Waals surface area (Å²) in [5.41, 5.74) is 3.66. The average molecular weight is 571 g/mol. The minimum atomic E-state index is -4.79. The van der Waals surface area contributed by atoms with Crippen molar-refractivity contribution in [1.29, 1.82) is 0 Å². The molecule has 2 amide bonds. The van der Waals surface area contributed by atoms with E-state index in [4.69, 9.17) is 5.73 Å². The molecular weight excluding hydrogens is 543 g/mol. The van der Waals surface area contributed by atoms with Crippen molar-refractivity contribution in [2.24, 2.45) is 5.92 Å². The summed E-state index contributed by atoms with van der Waals surface area (Å²) in [7, 11) is 0. The fraction of sp³-hybridized carbons (Fsp3) is 0.545. The van der Waals surface area contributed by atoms with Crippen LogP contribution in [0.15, 0.2) is 10.9 Å². The molecule has 0 aromatic carbocycles. The largest absolute Gasteiger partial charge is 0.494 e. The first-order valence-corrected chi connectivity index (χ1v) is 11.4. The van der Waals surface area contributed by atoms with Gasteiger partial charge < -0.3 is 21.1 Å². The van der Waals surface area contributed by atoms with Gasteiger partial charge in [-0.05, 0) is 18.9 Å². The molecule has 0 spiro atoms. The summed E-state index contributed by atoms with van der Waals surface area (Å²) in [6.07, 6.45) is -3.50. The van der Waals surface area contributed by atoms with Gasteiger partial charge in [-0.2, -0.15) is 17.7 Å². The number of likely N-dealkylation sites (tertiary alicyclic amines) is 1. The Morgan fingerprint density at radius 1 is 1.21 bits per heavy atom. The molecular formula is C22H28ClF5N6O4. The van der Waals surface area contributed by atoms with Crippen LogP contribution in [0.25, 0.3) is 11.7 Å². The Hall–Kier alpha value is -3.36. The van der Waals surface area contributed by atoms with Crippen LogP contribution >= 0.6 is 12.4 Å². The van der Waals surface area contributed by atoms with Crippen LogP contribution in [0.5, 0.6) is 5.88 Å². The SMILES string of the molecule is CC(C)Cn1c(O)c(C(=O)N[C@@H](C)C(F)(F)F)c(=O)n2nc(N)c(/C=C/C(=O)N3CCC(F)(F)CC3)c12.Cl. The van der Waals surface area contributed by atoms with Gasteiger partial charge in [-0.1, -0.05) is 13.8 Å². The monoisotopic (exact) mass is 570 g/mol. The maximum atomic E-state index is 13.4. The van der Waals surface area contributed by atoms with Crippen LogP contribution in [0.4, 0.5) is 27.8 Å². The highest BCUT2D eigenvalue weighted by Crippen LogP contribution is 2.29. The predicted octanol–water partition coefficient (Wildman–Crippen LogP) is 2.81. The minimum absolute atomic E-state index is 0. The van der Waals surface area contributed by atoms with Crippen molar-refractivity contribution in [3.63, 3.8) is 0 Å². The van der Waals surface area contributed by atoms with Crippen LogP contribution in [0.1, 0.15) is 49.5 Å². The van der Waals surface area contributed by atoms with E-state index in [1.165, 1.54) is 11.0 Å². The maximum absolute atomic E-state index is 13.4. The highest BCUT2D eigenvalue weighted by molar-refractivity contribution is 5.97. The zero-order valence-corrected chi connectivity index (χ0v) is 21.5. The maximum Gasteiger partial charge on any atom is 0.408 e. The standard InChI is InChI=1S/C22H27F5N6O4.ClH/c1-11(2)10-32-18-13(4-5-14(34)31-8-6-21(23,24)7-9-31)16(28)30-33(18)20(37)15(19(32)36)17(35)29-12(3)22(25,26)27;/h4-5,11-12,36H,6-10H2,1-3H3,(H2,28,30)(H,29,35);1H/b5-4+;/t12-;/m0./s1. The van der Waals surface area contributed by atoms with Crippen LogP contribution in [-0.2, 0) is 11.3 Å². The number of hydrogen-bond acceptors (Lipinski definition) is 6. The van der Waals surface area contributed by atoms with E-state index in [1.807, 2.05) is 0 Å². The molecule has 1 aliphatic rings. The highest BCUT2D eigenvalue weighted by Gasteiger charge is 2.39. The molecule has 2 aromatic heterocycles. The van der Waals surface area contributed by atoms with Crippen molar-refractivity contribution in [1.82, 2.24) is 24.4 Å². The summed E-state index contributed by atoms with van der Waals surface area (Å²) < 4.78 is 67.4. The molecule has 0 unspecified atom stereocenters. The van der Waals surface area contributed by atoms with Gasteiger partial charge in [0.05, 0.1) is 5.56 Å². The molecule has 3 rings (SSSR count). The van der Waals surface area contributed by atoms with Crippen LogP contribution in [0.2, 0.25) is 0 Å². The first-order valence-electron chi connectivity index (χ1n) is 11.4. The lowest BCUT2D eigenvalue weighted by Gasteiger charge is -2.30. The van der Waals surface area contributed by atoms with Gasteiger partial charge >= 0.3 is 6.18 Å². The zero-order chi connectivity index (χ0) is 27.9. The number of carbonyl (C=O) groups excluding carboxylic acids is 2. The minimum Gasteiger partial charge on any atom is -0.494 e. The van der Waals surface area contributed by atoms with Crippen molar-refractivity contribution in [2.45, 2.75) is 58.3 Å². The van der Waals surface area contributed by atoms with Crippen LogP contribution < -0.4 is 16.6 Å². The second kappa shape index (κ2) is 11.2. The van der Waals surface area contributed by atoms with Gasteiger partial charge in [0, 0.05) is 38.6 Å². The molecule has 212 valence electrons. The predicted molar refractivity (Wildman–Crippen MR) is 130 cm³/mol. The average Bonchev–Trinajstić information content (AvgIpc) is 3.10. The first kappa shape index (κ1) is 30.9. The quantitative estimate of drug-likeness (QED) is 0.361. The lowest BCUT2D eigenvalue weighted by molar-refractivity contribution is -0.149. The Bertz CT molecular complexity index is 1290. The molecule has 16 heteroatoms. The molecule has 1 aliphatic heterocycles. The van der Waals surface area contributed by atoms with E-state index in [1.54, 1.807) is 19.2 Å². The van der Waals surface area contributed by atoms with E-state index in [0.29, 0.717) is 11.4 Å². The van der Waals surface area contributed by atoms with Crippen LogP contribution in [-0.4, -0.2) is 67.2 Å². The van der Waals surface area contributed by atoms with E-state index in [0.717, 1.165) is 10.6 Å². The molecule has 0 radical (unpaired) electrons. The molecule has 2 aromatic rings. The number of fused-ring (bicyclic) bond motifs is 1. The summed E-state index contributed by atoms with van der Waals surface area (Å²) in [5.74, 6) is -6.27. The second-order valence-corrected chi connectivity index (χ2v) is 9.29. The molecule has 1 fully saturated rings. The van der Waals surface area contributed by atoms with Gasteiger partial charge in [0.2, 0.25) is 11.8 Å². The number of nitrogens with two attached hydrogens (primary N) is 1. The number of halogens is 6. The summed E-state index contributed by atoms with van der Waals surface area (Å²) in [6.45, 7) is 3.83. The first-order chi connectivity index (χ1) is 17.0. The molecule has 1 saturated heterocycles. The number of piperidine rings is 1. The summed E-state index contributed by atoms with van der Waals surface area (Å²) >= 11 is 0. The van der Waals surface area contributed by atoms with E-state index >= 15 is 0 Å². The number of nitrogens with one attached hydrogen (secondary N) is 1. The second-order valence-electron chi connectivity index (χ2n) is 9.29. The molecule has 38 heavy (non-hydrogen) atoms. The number of rotatable bonds is 6. The summed E-state index contributed by atoms with van der Waals surface area (Å²) in [6, 6.07) is -2.31. The summed E-state index contributed by atoms with van der Waals surface area (Å²) in [5, 5.41) is 16.3. The Morgan fingerprint density at radius 3 is 2.32 bits per heavy atom. The van der Waals surface area contributed by atoms with Crippen LogP contribution in [0.3, 0.4) is 0 Å². The van der Waals surface area contributed by atoms with Crippen molar-refractivity contribution in [2.75, 3.05) is 18.8 Å². The number of alkyl halides is 5. The van der Waals surface area contributed by atoms with E-state index in [2.05, 4.69) is 5.10 Å². The Labute approximate surface area is 219 Å². The number of carbonyl (C=O) groups is 2. The Kier molecular flexibility index (Phi) is 9.07. The van der Waals surface area contributed by atoms with Gasteiger partial charge in [0.25, 0.3) is 17.4 Å². The topological polar surface area (TPSA) is 135 Å². The van der Waals surface area contributed by atoms with Crippen LogP contribution in [0, 0.1) is 5.92 Å². The zero-order valence-electron chi connectivity index (χ0n) is 20.7. The fourth-order valence-electron chi connectivity index (χ4n) is 3.84. The van der Waals surface area contributed by atoms with E-state index in [9.17, 15) is 41.4 Å². The lowest BCUT2D eigenvalue weighted by atomic mass is 10.1. The third-order valence-corrected chi connectivity index (χ3v) is 5.88. The third kappa shape index (κ3) is 6.37. The van der Waals surface area contributed by atoms with Crippen molar-refractivity contribution in [3.05, 3.63) is 27.6 Å². The van der Waals surface area contributed by atoms with Gasteiger partial charge in [-0.15, -0.1) is 17.5 Å². The van der Waals surface area contributed by atoms with Crippen molar-refractivity contribution in [3.8, 4) is 5.88 Å². The number of aromatic hydroxyl groups is 1. The fourth-order valence-corrected chi connectivity index (χ4v) is 3.84. The van der Waals surface area contributed by atoms with E-state index in [-0.39, 0.29) is 55.0 Å². The molecule has 3 heterocycles. The number of nitrogens with zero attached hydrogens (tertiary/aromatic N) is 4. The molecule has 10 nitrogen and oxygen atoms in total. The smallest absolute Gasteiger partial charge is 0.408 e. The van der Waals surface area contributed by atoms with Gasteiger partial charge in [-0.3, -0.25) is 19.0 Å². The molecule has 4 N–H and O–H groups in total. The van der Waals surface area contributed by atoms with Crippen molar-refractivity contribution >= 4 is 41.8 Å². The molecule has 0 saturated carbocycles. The molecule has 0 bridgehead atoms.